The summed E-state index contributed by atoms with van der Waals surface area (Å²) in [6, 6.07) is 49.4. The first-order valence-electron chi connectivity index (χ1n) is 21.9. The van der Waals surface area contributed by atoms with E-state index in [0.29, 0.717) is 6.61 Å². The highest BCUT2D eigenvalue weighted by atomic mass is 16.8. The highest BCUT2D eigenvalue weighted by molar-refractivity contribution is 5.17. The van der Waals surface area contributed by atoms with E-state index in [1.807, 2.05) is 152 Å². The van der Waals surface area contributed by atoms with Crippen molar-refractivity contribution in [2.24, 2.45) is 0 Å². The van der Waals surface area contributed by atoms with Gasteiger partial charge in [0.05, 0.1) is 59.5 Å². The average molecular weight is 873 g/mol. The van der Waals surface area contributed by atoms with Crippen molar-refractivity contribution in [2.75, 3.05) is 26.4 Å². The highest BCUT2D eigenvalue weighted by Gasteiger charge is 2.54. The van der Waals surface area contributed by atoms with Gasteiger partial charge in [-0.1, -0.05) is 164 Å². The number of hydrogen-bond donors (Lipinski definition) is 1. The van der Waals surface area contributed by atoms with Crippen molar-refractivity contribution in [2.45, 2.75) is 94.4 Å². The molecule has 0 aromatic heterocycles. The summed E-state index contributed by atoms with van der Waals surface area (Å²) in [6.45, 7) is 9.13. The van der Waals surface area contributed by atoms with Crippen molar-refractivity contribution >= 4 is 0 Å². The van der Waals surface area contributed by atoms with Crippen LogP contribution in [0.4, 0.5) is 0 Å². The Morgan fingerprint density at radius 2 is 0.781 bits per heavy atom. The van der Waals surface area contributed by atoms with Crippen molar-refractivity contribution < 1.29 is 52.5 Å². The lowest BCUT2D eigenvalue weighted by Gasteiger charge is -2.50. The monoisotopic (exact) mass is 872 g/mol. The second-order valence-corrected chi connectivity index (χ2v) is 15.6. The van der Waals surface area contributed by atoms with Crippen LogP contribution in [0, 0.1) is 0 Å². The molecule has 2 heterocycles. The molecule has 0 bridgehead atoms. The fourth-order valence-corrected chi connectivity index (χ4v) is 7.81. The van der Waals surface area contributed by atoms with E-state index >= 15 is 0 Å². The van der Waals surface area contributed by atoms with Gasteiger partial charge >= 0.3 is 0 Å². The molecular formula is C53H60O11. The Morgan fingerprint density at radius 1 is 0.406 bits per heavy atom. The molecule has 2 saturated heterocycles. The third-order valence-corrected chi connectivity index (χ3v) is 11.0. The maximum absolute atomic E-state index is 11.0. The Morgan fingerprint density at radius 3 is 1.23 bits per heavy atom. The molecule has 0 saturated carbocycles. The van der Waals surface area contributed by atoms with E-state index in [2.05, 4.69) is 13.2 Å². The minimum absolute atomic E-state index is 0.0923. The van der Waals surface area contributed by atoms with Gasteiger partial charge in [-0.3, -0.25) is 0 Å². The van der Waals surface area contributed by atoms with Crippen molar-refractivity contribution in [3.8, 4) is 0 Å². The van der Waals surface area contributed by atoms with E-state index in [1.165, 1.54) is 0 Å². The molecule has 2 aliphatic rings. The molecule has 2 aliphatic heterocycles. The fraction of sp³-hybridized carbons (Fsp3) is 0.358. The smallest absolute Gasteiger partial charge is 0.187 e. The summed E-state index contributed by atoms with van der Waals surface area (Å²) in [6.07, 6.45) is -5.33. The highest BCUT2D eigenvalue weighted by Crippen LogP contribution is 2.36. The van der Waals surface area contributed by atoms with Crippen molar-refractivity contribution in [3.63, 3.8) is 0 Å². The Hall–Kier alpha value is -4.86. The van der Waals surface area contributed by atoms with Gasteiger partial charge in [-0.15, -0.1) is 13.2 Å². The third-order valence-electron chi connectivity index (χ3n) is 11.0. The summed E-state index contributed by atoms with van der Waals surface area (Å²) in [5.41, 5.74) is 4.79. The van der Waals surface area contributed by atoms with Crippen LogP contribution in [-0.2, 0) is 80.4 Å². The Bertz CT molecular complexity index is 2040. The van der Waals surface area contributed by atoms with Crippen LogP contribution >= 0.6 is 0 Å². The van der Waals surface area contributed by atoms with E-state index in [9.17, 15) is 5.11 Å². The zero-order chi connectivity index (χ0) is 44.2. The van der Waals surface area contributed by atoms with Crippen molar-refractivity contribution in [3.05, 3.63) is 205 Å². The number of aliphatic hydroxyl groups excluding tert-OH is 1. The van der Waals surface area contributed by atoms with E-state index in [4.69, 9.17) is 47.4 Å². The molecule has 10 atom stereocenters. The van der Waals surface area contributed by atoms with Crippen LogP contribution in [-0.4, -0.2) is 92.9 Å². The molecule has 5 aromatic rings. The standard InChI is InChI=1S/C53H60O11/c1-3-30-56-48-46(58-34-40-22-12-6-13-23-40)44(32-54)62-53(51(48)61-37-43-28-18-9-19-29-43)64-47-45(38-55-33-39-20-10-5-11-21-39)63-52(57-31-4-2)50(60-36-42-26-16-8-17-27-42)49(47)59-35-41-24-14-7-15-25-41/h3-29,44-54H,1-2,30-38H2/t44-,45-,46+,47-,48+,49+,50-,51-,52-,53+/m1/s1. The quantitative estimate of drug-likeness (QED) is 0.0574. The fourth-order valence-electron chi connectivity index (χ4n) is 7.81. The van der Waals surface area contributed by atoms with Crippen molar-refractivity contribution in [1.82, 2.24) is 0 Å². The first-order valence-corrected chi connectivity index (χ1v) is 21.9. The molecule has 0 unspecified atom stereocenters. The maximum atomic E-state index is 11.0. The number of aliphatic hydroxyl groups is 1. The van der Waals surface area contributed by atoms with Crippen LogP contribution in [0.2, 0.25) is 0 Å². The predicted octanol–water partition coefficient (Wildman–Crippen LogP) is 8.15. The first kappa shape index (κ1) is 47.1. The van der Waals surface area contributed by atoms with Crippen molar-refractivity contribution in [1.29, 1.82) is 0 Å². The largest absolute Gasteiger partial charge is 0.394 e. The van der Waals surface area contributed by atoms with E-state index in [-0.39, 0.29) is 46.2 Å². The van der Waals surface area contributed by atoms with Gasteiger partial charge in [-0.2, -0.15) is 0 Å². The van der Waals surface area contributed by atoms with Crippen LogP contribution in [0.1, 0.15) is 27.8 Å². The normalized spacial score (nSPS) is 25.7. The van der Waals surface area contributed by atoms with Gasteiger partial charge in [0.15, 0.2) is 12.6 Å². The minimum Gasteiger partial charge on any atom is -0.394 e. The lowest BCUT2D eigenvalue weighted by molar-refractivity contribution is -0.375. The van der Waals surface area contributed by atoms with E-state index in [1.54, 1.807) is 12.2 Å². The van der Waals surface area contributed by atoms with Gasteiger partial charge in [0.25, 0.3) is 0 Å². The second-order valence-electron chi connectivity index (χ2n) is 15.6. The summed E-state index contributed by atoms with van der Waals surface area (Å²) in [5, 5.41) is 11.0. The minimum atomic E-state index is -1.14. The molecular weight excluding hydrogens is 813 g/mol. The van der Waals surface area contributed by atoms with Gasteiger partial charge in [-0.05, 0) is 27.8 Å². The van der Waals surface area contributed by atoms with Gasteiger partial charge in [0.2, 0.25) is 0 Å². The Labute approximate surface area is 377 Å². The maximum Gasteiger partial charge on any atom is 0.187 e. The molecule has 0 spiro atoms. The molecule has 338 valence electrons. The van der Waals surface area contributed by atoms with Crippen LogP contribution in [0.5, 0.6) is 0 Å². The van der Waals surface area contributed by atoms with Gasteiger partial charge in [-0.25, -0.2) is 0 Å². The molecule has 2 fully saturated rings. The summed E-state index contributed by atoms with van der Waals surface area (Å²) >= 11 is 0. The SMILES string of the molecule is C=CCO[C@@H]1O[C@H](COCc2ccccc2)[C@@H](O[C@@H]2O[C@H](CO)[C@H](OCc3ccccc3)[C@H](OCC=C)[C@H]2OCc2ccccc2)[C@H](OCc2ccccc2)[C@H]1OCc1ccccc1. The number of ether oxygens (including phenoxy) is 10. The van der Waals surface area contributed by atoms with Gasteiger partial charge < -0.3 is 52.5 Å². The number of benzene rings is 5. The topological polar surface area (TPSA) is 113 Å². The summed E-state index contributed by atoms with van der Waals surface area (Å²) < 4.78 is 67.2. The second kappa shape index (κ2) is 25.6. The molecule has 7 rings (SSSR count). The summed E-state index contributed by atoms with van der Waals surface area (Å²) in [5.74, 6) is 0. The van der Waals surface area contributed by atoms with E-state index in [0.717, 1.165) is 27.8 Å². The summed E-state index contributed by atoms with van der Waals surface area (Å²) in [4.78, 5) is 0. The predicted molar refractivity (Wildman–Crippen MR) is 242 cm³/mol. The Kier molecular flexibility index (Phi) is 18.8. The molecule has 11 nitrogen and oxygen atoms in total. The number of hydrogen-bond acceptors (Lipinski definition) is 11. The zero-order valence-electron chi connectivity index (χ0n) is 36.2. The number of rotatable bonds is 25. The molecule has 5 aromatic carbocycles. The van der Waals surface area contributed by atoms with Crippen LogP contribution in [0.25, 0.3) is 0 Å². The van der Waals surface area contributed by atoms with E-state index < -0.39 is 68.0 Å². The molecule has 1 N–H and O–H groups in total. The zero-order valence-corrected chi connectivity index (χ0v) is 36.2. The van der Waals surface area contributed by atoms with Gasteiger partial charge in [0, 0.05) is 0 Å². The van der Waals surface area contributed by atoms with Crippen LogP contribution < -0.4 is 0 Å². The molecule has 11 heteroatoms. The lowest BCUT2D eigenvalue weighted by Crippen LogP contribution is -2.66. The first-order chi connectivity index (χ1) is 31.6. The third kappa shape index (κ3) is 13.6. The van der Waals surface area contributed by atoms with Gasteiger partial charge in [0.1, 0.15) is 48.8 Å². The molecule has 64 heavy (non-hydrogen) atoms. The molecule has 0 amide bonds. The van der Waals surface area contributed by atoms with Crippen LogP contribution in [0.15, 0.2) is 177 Å². The lowest BCUT2D eigenvalue weighted by atomic mass is 9.95. The summed E-state index contributed by atoms with van der Waals surface area (Å²) in [7, 11) is 0. The average Bonchev–Trinajstić information content (AvgIpc) is 3.35. The molecule has 0 radical (unpaired) electrons. The Balaban J connectivity index is 1.26. The van der Waals surface area contributed by atoms with Crippen LogP contribution in [0.3, 0.4) is 0 Å². The molecule has 0 aliphatic carbocycles.